The molecule has 10 heteroatoms. The van der Waals surface area contributed by atoms with Crippen LogP contribution < -0.4 is 10.6 Å². The molecule has 0 aromatic carbocycles. The number of amides is 4. The minimum atomic E-state index is -0.909. The van der Waals surface area contributed by atoms with Gasteiger partial charge in [-0.3, -0.25) is 9.59 Å². The van der Waals surface area contributed by atoms with Crippen LogP contribution in [0.1, 0.15) is 30.4 Å². The lowest BCUT2D eigenvalue weighted by Gasteiger charge is -2.40. The number of thiophene rings is 1. The second-order valence-electron chi connectivity index (χ2n) is 6.80. The van der Waals surface area contributed by atoms with Crippen LogP contribution >= 0.6 is 11.3 Å². The van der Waals surface area contributed by atoms with Gasteiger partial charge in [-0.15, -0.1) is 11.3 Å². The molecule has 1 saturated heterocycles. The first-order valence-corrected chi connectivity index (χ1v) is 9.90. The number of piperazine rings is 1. The molecule has 0 radical (unpaired) electrons. The first kappa shape index (κ1) is 21.7. The molecule has 0 unspecified atom stereocenters. The molecule has 9 nitrogen and oxygen atoms in total. The molecule has 1 aliphatic rings. The van der Waals surface area contributed by atoms with E-state index in [-0.39, 0.29) is 31.1 Å². The van der Waals surface area contributed by atoms with E-state index in [0.29, 0.717) is 11.4 Å². The number of methoxy groups -OCH3 is 1. The first-order valence-electron chi connectivity index (χ1n) is 9.02. The van der Waals surface area contributed by atoms with Crippen molar-refractivity contribution < 1.29 is 23.9 Å². The molecule has 1 aromatic heterocycles. The van der Waals surface area contributed by atoms with Crippen LogP contribution in [0.3, 0.4) is 0 Å². The number of hydrogen-bond donors (Lipinski definition) is 2. The number of nitrogens with zero attached hydrogens (tertiary/aromatic N) is 2. The molecule has 2 N–H and O–H groups in total. The summed E-state index contributed by atoms with van der Waals surface area (Å²) in [5.41, 5.74) is 0. The number of esters is 1. The number of urea groups is 1. The third kappa shape index (κ3) is 5.22. The molecule has 2 rings (SSSR count). The van der Waals surface area contributed by atoms with Gasteiger partial charge in [0, 0.05) is 19.1 Å². The molecule has 28 heavy (non-hydrogen) atoms. The summed E-state index contributed by atoms with van der Waals surface area (Å²) in [6.45, 7) is 5.75. The fourth-order valence-electron chi connectivity index (χ4n) is 2.86. The lowest BCUT2D eigenvalue weighted by Crippen LogP contribution is -2.63. The van der Waals surface area contributed by atoms with E-state index >= 15 is 0 Å². The second kappa shape index (κ2) is 9.54. The number of nitrogens with one attached hydrogen (secondary N) is 2. The summed E-state index contributed by atoms with van der Waals surface area (Å²) in [6, 6.07) is 1.33. The highest BCUT2D eigenvalue weighted by atomic mass is 32.1. The van der Waals surface area contributed by atoms with E-state index in [9.17, 15) is 19.2 Å². The average molecular weight is 410 g/mol. The summed E-state index contributed by atoms with van der Waals surface area (Å²) >= 11 is 1.29. The number of rotatable bonds is 5. The Morgan fingerprint density at radius 3 is 2.46 bits per heavy atom. The maximum absolute atomic E-state index is 12.9. The normalized spacial score (nSPS) is 17.8. The summed E-state index contributed by atoms with van der Waals surface area (Å²) in [5.74, 6) is -1.37. The Morgan fingerprint density at radius 1 is 1.18 bits per heavy atom. The van der Waals surface area contributed by atoms with Crippen LogP contribution in [0.4, 0.5) is 4.79 Å². The topological polar surface area (TPSA) is 108 Å². The molecule has 1 aliphatic heterocycles. The molecular weight excluding hydrogens is 384 g/mol. The smallest absolute Gasteiger partial charge is 0.328 e. The van der Waals surface area contributed by atoms with Crippen molar-refractivity contribution in [2.24, 2.45) is 0 Å². The zero-order valence-electron chi connectivity index (χ0n) is 16.4. The fourth-order valence-corrected chi connectivity index (χ4v) is 3.54. The molecular formula is C18H26N4O5S. The summed E-state index contributed by atoms with van der Waals surface area (Å²) < 4.78 is 4.63. The van der Waals surface area contributed by atoms with Crippen molar-refractivity contribution in [1.29, 1.82) is 0 Å². The second-order valence-corrected chi connectivity index (χ2v) is 7.74. The van der Waals surface area contributed by atoms with Gasteiger partial charge in [-0.2, -0.15) is 0 Å². The van der Waals surface area contributed by atoms with E-state index in [1.165, 1.54) is 35.2 Å². The minimum absolute atomic E-state index is 0.0371. The average Bonchev–Trinajstić information content (AvgIpc) is 3.20. The first-order chi connectivity index (χ1) is 13.2. The summed E-state index contributed by atoms with van der Waals surface area (Å²) in [5, 5.41) is 7.15. The van der Waals surface area contributed by atoms with E-state index in [1.807, 2.05) is 13.8 Å². The van der Waals surface area contributed by atoms with Crippen LogP contribution in [-0.2, 0) is 14.3 Å². The highest BCUT2D eigenvalue weighted by Gasteiger charge is 2.38. The van der Waals surface area contributed by atoms with Crippen LogP contribution in [0.25, 0.3) is 0 Å². The Balaban J connectivity index is 2.19. The maximum atomic E-state index is 12.9. The van der Waals surface area contributed by atoms with Crippen LogP contribution in [0, 0.1) is 0 Å². The quantitative estimate of drug-likeness (QED) is 0.694. The maximum Gasteiger partial charge on any atom is 0.328 e. The largest absolute Gasteiger partial charge is 0.467 e. The summed E-state index contributed by atoms with van der Waals surface area (Å²) in [6.07, 6.45) is 0. The number of hydrogen-bond acceptors (Lipinski definition) is 6. The van der Waals surface area contributed by atoms with Crippen LogP contribution in [0.2, 0.25) is 0 Å². The minimum Gasteiger partial charge on any atom is -0.467 e. The lowest BCUT2D eigenvalue weighted by atomic mass is 10.1. The molecule has 1 fully saturated rings. The Kier molecular flexibility index (Phi) is 7.38. The monoisotopic (exact) mass is 410 g/mol. The highest BCUT2D eigenvalue weighted by molar-refractivity contribution is 7.12. The Morgan fingerprint density at radius 2 is 1.89 bits per heavy atom. The van der Waals surface area contributed by atoms with Gasteiger partial charge in [0.1, 0.15) is 12.1 Å². The number of carbonyl (C=O) groups excluding carboxylic acids is 4. The molecule has 0 saturated carbocycles. The van der Waals surface area contributed by atoms with Gasteiger partial charge >= 0.3 is 12.0 Å². The highest BCUT2D eigenvalue weighted by Crippen LogP contribution is 2.18. The van der Waals surface area contributed by atoms with E-state index in [0.717, 1.165) is 0 Å². The number of carbonyl (C=O) groups is 4. The molecule has 0 spiro atoms. The molecule has 2 atom stereocenters. The number of ether oxygens (including phenoxy) is 1. The van der Waals surface area contributed by atoms with Gasteiger partial charge in [-0.05, 0) is 32.2 Å². The fraction of sp³-hybridized carbons (Fsp3) is 0.556. The lowest BCUT2D eigenvalue weighted by molar-refractivity contribution is -0.145. The zero-order valence-corrected chi connectivity index (χ0v) is 17.2. The van der Waals surface area contributed by atoms with E-state index in [1.54, 1.807) is 17.5 Å². The van der Waals surface area contributed by atoms with Crippen molar-refractivity contribution in [3.05, 3.63) is 22.4 Å². The standard InChI is InChI=1S/C18H26N4O5S/c1-11(2)19-18(26)21-7-8-22(16(24)14-6-5-9-28-14)13(10-21)15(23)20-12(3)17(25)27-4/h5-6,9,11-13H,7-8,10H2,1-4H3,(H,19,26)(H,20,23)/t12-,13-/m1/s1. The Bertz CT molecular complexity index is 722. The predicted molar refractivity (Wildman–Crippen MR) is 104 cm³/mol. The molecule has 0 bridgehead atoms. The van der Waals surface area contributed by atoms with Crippen LogP contribution in [0.15, 0.2) is 17.5 Å². The van der Waals surface area contributed by atoms with Crippen molar-refractivity contribution in [3.63, 3.8) is 0 Å². The Hall–Kier alpha value is -2.62. The van der Waals surface area contributed by atoms with Crippen LogP contribution in [-0.4, -0.2) is 78.5 Å². The van der Waals surface area contributed by atoms with Crippen LogP contribution in [0.5, 0.6) is 0 Å². The SMILES string of the molecule is COC(=O)[C@@H](C)NC(=O)[C@H]1CN(C(=O)NC(C)C)CCN1C(=O)c1cccs1. The predicted octanol–water partition coefficient (Wildman–Crippen LogP) is 0.670. The van der Waals surface area contributed by atoms with E-state index in [4.69, 9.17) is 0 Å². The van der Waals surface area contributed by atoms with Crippen molar-refractivity contribution in [2.75, 3.05) is 26.7 Å². The van der Waals surface area contributed by atoms with Gasteiger partial charge < -0.3 is 25.2 Å². The van der Waals surface area contributed by atoms with Gasteiger partial charge in [0.15, 0.2) is 0 Å². The zero-order chi connectivity index (χ0) is 20.8. The molecule has 4 amide bonds. The molecule has 0 aliphatic carbocycles. The van der Waals surface area contributed by atoms with Gasteiger partial charge in [0.2, 0.25) is 5.91 Å². The van der Waals surface area contributed by atoms with Crippen molar-refractivity contribution in [1.82, 2.24) is 20.4 Å². The molecule has 2 heterocycles. The van der Waals surface area contributed by atoms with Gasteiger partial charge in [-0.25, -0.2) is 9.59 Å². The molecule has 1 aromatic rings. The van der Waals surface area contributed by atoms with Crippen molar-refractivity contribution in [3.8, 4) is 0 Å². The molecule has 154 valence electrons. The third-order valence-electron chi connectivity index (χ3n) is 4.29. The van der Waals surface area contributed by atoms with Gasteiger partial charge in [0.25, 0.3) is 5.91 Å². The van der Waals surface area contributed by atoms with Gasteiger partial charge in [-0.1, -0.05) is 6.07 Å². The van der Waals surface area contributed by atoms with E-state index < -0.39 is 24.0 Å². The van der Waals surface area contributed by atoms with E-state index in [2.05, 4.69) is 15.4 Å². The van der Waals surface area contributed by atoms with Crippen molar-refractivity contribution >= 4 is 35.2 Å². The third-order valence-corrected chi connectivity index (χ3v) is 5.15. The van der Waals surface area contributed by atoms with Gasteiger partial charge in [0.05, 0.1) is 18.5 Å². The summed E-state index contributed by atoms with van der Waals surface area (Å²) in [4.78, 5) is 53.2. The summed E-state index contributed by atoms with van der Waals surface area (Å²) in [7, 11) is 1.23. The Labute approximate surface area is 168 Å². The van der Waals surface area contributed by atoms with Crippen molar-refractivity contribution in [2.45, 2.75) is 38.9 Å².